The van der Waals surface area contributed by atoms with Gasteiger partial charge in [0.15, 0.2) is 5.96 Å². The number of urea groups is 1. The zero-order valence-corrected chi connectivity index (χ0v) is 36.4. The van der Waals surface area contributed by atoms with Crippen LogP contribution in [0.25, 0.3) is 10.8 Å². The first-order valence-electron chi connectivity index (χ1n) is 22.0. The number of nitrogens with one attached hydrogen (secondary N) is 8. The third-order valence-corrected chi connectivity index (χ3v) is 11.6. The van der Waals surface area contributed by atoms with Crippen LogP contribution in [0.15, 0.2) is 103 Å². The molecule has 1 saturated carbocycles. The Morgan fingerprint density at radius 3 is 1.92 bits per heavy atom. The highest BCUT2D eigenvalue weighted by molar-refractivity contribution is 5.97. The van der Waals surface area contributed by atoms with Crippen molar-refractivity contribution in [3.63, 3.8) is 0 Å². The van der Waals surface area contributed by atoms with Crippen LogP contribution in [-0.4, -0.2) is 84.8 Å². The van der Waals surface area contributed by atoms with Crippen molar-refractivity contribution >= 4 is 52.3 Å². The average Bonchev–Trinajstić information content (AvgIpc) is 3.29. The topological polar surface area (TPSA) is 263 Å². The van der Waals surface area contributed by atoms with Crippen LogP contribution in [0.5, 0.6) is 0 Å². The quantitative estimate of drug-likeness (QED) is 0.0318. The second-order valence-electron chi connectivity index (χ2n) is 16.4. The molecule has 4 aromatic carbocycles. The number of carbonyl (C=O) groups excluding carboxylic acids is 6. The molecule has 0 heterocycles. The molecule has 64 heavy (non-hydrogen) atoms. The van der Waals surface area contributed by atoms with Gasteiger partial charge >= 0.3 is 6.03 Å². The summed E-state index contributed by atoms with van der Waals surface area (Å²) >= 11 is 0. The number of unbranched alkanes of at least 4 members (excludes halogenated alkanes) is 1. The van der Waals surface area contributed by atoms with Crippen molar-refractivity contribution in [1.82, 2.24) is 37.2 Å². The summed E-state index contributed by atoms with van der Waals surface area (Å²) in [5.74, 6) is -3.39. The van der Waals surface area contributed by atoms with Gasteiger partial charge in [-0.1, -0.05) is 116 Å². The fourth-order valence-electron chi connectivity index (χ4n) is 8.02. The summed E-state index contributed by atoms with van der Waals surface area (Å²) in [7, 11) is 0. The second-order valence-corrected chi connectivity index (χ2v) is 16.4. The van der Waals surface area contributed by atoms with Crippen LogP contribution in [0.2, 0.25) is 0 Å². The molecule has 3 atom stereocenters. The van der Waals surface area contributed by atoms with E-state index in [-0.39, 0.29) is 44.1 Å². The smallest absolute Gasteiger partial charge is 0.315 e. The highest BCUT2D eigenvalue weighted by atomic mass is 16.2. The lowest BCUT2D eigenvalue weighted by atomic mass is 9.73. The van der Waals surface area contributed by atoms with Crippen molar-refractivity contribution in [3.05, 3.63) is 120 Å². The first-order valence-corrected chi connectivity index (χ1v) is 22.0. The third-order valence-electron chi connectivity index (χ3n) is 11.6. The predicted octanol–water partition coefficient (Wildman–Crippen LogP) is 3.14. The normalized spacial score (nSPS) is 17.1. The largest absolute Gasteiger partial charge is 0.370 e. The zero-order valence-electron chi connectivity index (χ0n) is 36.4. The Bertz CT molecular complexity index is 2210. The number of benzene rings is 4. The molecule has 0 spiro atoms. The van der Waals surface area contributed by atoms with Gasteiger partial charge in [-0.2, -0.15) is 0 Å². The van der Waals surface area contributed by atoms with Gasteiger partial charge in [0.2, 0.25) is 29.5 Å². The Labute approximate surface area is 374 Å². The predicted molar refractivity (Wildman–Crippen MR) is 247 cm³/mol. The molecule has 5 rings (SSSR count). The van der Waals surface area contributed by atoms with Gasteiger partial charge in [0.05, 0.1) is 6.54 Å². The van der Waals surface area contributed by atoms with Crippen molar-refractivity contribution in [2.45, 2.75) is 101 Å². The molecular formula is C48H62N10O6. The van der Waals surface area contributed by atoms with Crippen molar-refractivity contribution in [3.8, 4) is 0 Å². The molecule has 7 amide bonds. The summed E-state index contributed by atoms with van der Waals surface area (Å²) in [6, 6.07) is 28.4. The lowest BCUT2D eigenvalue weighted by Gasteiger charge is -2.40. The number of hydrogen-bond donors (Lipinski definition) is 10. The Balaban J connectivity index is 1.41. The molecular weight excluding hydrogens is 813 g/mol. The molecule has 16 nitrogen and oxygen atoms in total. The van der Waals surface area contributed by atoms with Crippen LogP contribution < -0.4 is 48.7 Å². The van der Waals surface area contributed by atoms with Gasteiger partial charge in [-0.3, -0.25) is 29.4 Å². The van der Waals surface area contributed by atoms with Crippen molar-refractivity contribution in [1.29, 1.82) is 5.41 Å². The van der Waals surface area contributed by atoms with E-state index in [0.717, 1.165) is 40.3 Å². The highest BCUT2D eigenvalue weighted by Gasteiger charge is 2.45. The molecule has 0 saturated heterocycles. The lowest BCUT2D eigenvalue weighted by molar-refractivity contribution is -0.135. The Morgan fingerprint density at radius 2 is 1.25 bits per heavy atom. The number of rotatable bonds is 22. The minimum Gasteiger partial charge on any atom is -0.370 e. The van der Waals surface area contributed by atoms with Crippen LogP contribution in [0.3, 0.4) is 0 Å². The summed E-state index contributed by atoms with van der Waals surface area (Å²) in [5, 5.41) is 29.2. The van der Waals surface area contributed by atoms with Crippen molar-refractivity contribution in [2.75, 3.05) is 19.6 Å². The van der Waals surface area contributed by atoms with Crippen LogP contribution in [0.1, 0.15) is 80.9 Å². The van der Waals surface area contributed by atoms with E-state index >= 15 is 0 Å². The number of amides is 7. The molecule has 0 bridgehead atoms. The molecule has 16 heteroatoms. The van der Waals surface area contributed by atoms with E-state index in [1.165, 1.54) is 0 Å². The number of fused-ring (bicyclic) bond motifs is 1. The van der Waals surface area contributed by atoms with Crippen molar-refractivity contribution < 1.29 is 28.8 Å². The van der Waals surface area contributed by atoms with Crippen LogP contribution in [-0.2, 0) is 36.8 Å². The van der Waals surface area contributed by atoms with Crippen LogP contribution >= 0.6 is 0 Å². The van der Waals surface area contributed by atoms with Crippen LogP contribution in [0.4, 0.5) is 4.79 Å². The lowest BCUT2D eigenvalue weighted by Crippen LogP contribution is -2.65. The molecule has 0 aromatic heterocycles. The monoisotopic (exact) mass is 874 g/mol. The maximum Gasteiger partial charge on any atom is 0.315 e. The summed E-state index contributed by atoms with van der Waals surface area (Å²) < 4.78 is 0. The Morgan fingerprint density at radius 1 is 0.656 bits per heavy atom. The first-order chi connectivity index (χ1) is 30.9. The molecule has 4 aromatic rings. The van der Waals surface area contributed by atoms with E-state index in [0.29, 0.717) is 32.2 Å². The molecule has 12 N–H and O–H groups in total. The summed E-state index contributed by atoms with van der Waals surface area (Å²) in [6.07, 6.45) is 3.97. The molecule has 1 aliphatic carbocycles. The summed E-state index contributed by atoms with van der Waals surface area (Å²) in [4.78, 5) is 82.1. The molecule has 340 valence electrons. The van der Waals surface area contributed by atoms with E-state index in [2.05, 4.69) is 49.4 Å². The molecule has 0 aliphatic heterocycles. The molecule has 1 aliphatic rings. The maximum atomic E-state index is 14.7. The van der Waals surface area contributed by atoms with Gasteiger partial charge in [-0.15, -0.1) is 0 Å². The van der Waals surface area contributed by atoms with Gasteiger partial charge in [0, 0.05) is 25.9 Å². The first kappa shape index (κ1) is 48.1. The van der Waals surface area contributed by atoms with Gasteiger partial charge in [0.1, 0.15) is 23.7 Å². The minimum atomic E-state index is -1.33. The standard InChI is InChI=1S/C48H62N10O6/c1-2-3-26-53-47(64)58-48(24-22-36(23-25-48)34-15-8-5-9-16-34)45(63)57-40(29-32-13-6-4-7-14-32)44(62)55-38(19-12-27-52-46(50)51)43(61)56-39(42(60)54-31-41(49)59)30-33-20-21-35-17-10-11-18-37(35)28-33/h4-11,13-18,20-21,28,36,38-40H,2-3,12,19,22-27,29-31H2,1H3,(H2,49,59)(H,54,60)(H,55,62)(H,56,61)(H,57,63)(H4,50,51,52)(H2,53,58,64)/t36-,38-,39-,40+,48+/m0/s1. The third kappa shape index (κ3) is 14.6. The van der Waals surface area contributed by atoms with Crippen molar-refractivity contribution in [2.24, 2.45) is 11.5 Å². The fourth-order valence-corrected chi connectivity index (χ4v) is 8.02. The van der Waals surface area contributed by atoms with E-state index in [1.54, 1.807) is 0 Å². The van der Waals surface area contributed by atoms with Gasteiger partial charge < -0.3 is 48.7 Å². The Hall–Kier alpha value is -6.97. The average molecular weight is 875 g/mol. The van der Waals surface area contributed by atoms with E-state index in [1.807, 2.05) is 97.9 Å². The SMILES string of the molecule is CCCCNC(=O)N[C@]1(C(=O)N[C@H](Cc2ccccc2)C(=O)N[C@@H](CCCNC(=N)N)C(=O)N[C@@H](Cc2ccc3ccccc3c2)C(=O)NCC(N)=O)CC[C@H](c2ccccc2)CC1. The maximum absolute atomic E-state index is 14.7. The highest BCUT2D eigenvalue weighted by Crippen LogP contribution is 2.38. The number of hydrogen-bond acceptors (Lipinski definition) is 7. The number of nitrogens with two attached hydrogens (primary N) is 2. The molecule has 1 fully saturated rings. The molecule has 0 radical (unpaired) electrons. The summed E-state index contributed by atoms with van der Waals surface area (Å²) in [6.45, 7) is 2.21. The summed E-state index contributed by atoms with van der Waals surface area (Å²) in [5.41, 5.74) is 12.1. The van der Waals surface area contributed by atoms with Crippen LogP contribution in [0, 0.1) is 5.41 Å². The number of carbonyl (C=O) groups is 6. The van der Waals surface area contributed by atoms with Gasteiger partial charge in [-0.05, 0) is 78.3 Å². The second kappa shape index (κ2) is 24.0. The van der Waals surface area contributed by atoms with E-state index in [4.69, 9.17) is 16.9 Å². The van der Waals surface area contributed by atoms with Gasteiger partial charge in [-0.25, -0.2) is 4.79 Å². The number of primary amides is 1. The minimum absolute atomic E-state index is 0.0483. The number of guanidine groups is 1. The Kier molecular flexibility index (Phi) is 18.0. The fraction of sp³-hybridized carbons (Fsp3) is 0.396. The zero-order chi connectivity index (χ0) is 45.9. The van der Waals surface area contributed by atoms with E-state index < -0.39 is 65.8 Å². The molecule has 0 unspecified atom stereocenters. The van der Waals surface area contributed by atoms with E-state index in [9.17, 15) is 28.8 Å². The van der Waals surface area contributed by atoms with Gasteiger partial charge in [0.25, 0.3) is 0 Å².